The summed E-state index contributed by atoms with van der Waals surface area (Å²) in [5.74, 6) is 0. The summed E-state index contributed by atoms with van der Waals surface area (Å²) in [7, 11) is 0. The van der Waals surface area contributed by atoms with Gasteiger partial charge >= 0.3 is 0 Å². The van der Waals surface area contributed by atoms with Crippen molar-refractivity contribution in [1.82, 2.24) is 0 Å². The largest absolute Gasteiger partial charge is 0.309 e. The van der Waals surface area contributed by atoms with Crippen molar-refractivity contribution in [2.45, 2.75) is 0 Å². The molecule has 230 valence electrons. The molecule has 0 saturated heterocycles. The van der Waals surface area contributed by atoms with Gasteiger partial charge in [-0.1, -0.05) is 170 Å². The van der Waals surface area contributed by atoms with Crippen molar-refractivity contribution in [3.8, 4) is 33.4 Å². The van der Waals surface area contributed by atoms with E-state index in [0.29, 0.717) is 0 Å². The number of benzene rings is 9. The molecule has 0 saturated carbocycles. The Bertz CT molecular complexity index is 2590. The van der Waals surface area contributed by atoms with Crippen LogP contribution in [0.15, 0.2) is 200 Å². The lowest BCUT2D eigenvalue weighted by atomic mass is 9.93. The van der Waals surface area contributed by atoms with Crippen LogP contribution in [-0.4, -0.2) is 0 Å². The Hall–Kier alpha value is -6.44. The fourth-order valence-electron chi connectivity index (χ4n) is 7.21. The lowest BCUT2D eigenvalue weighted by Gasteiger charge is -2.30. The van der Waals surface area contributed by atoms with Gasteiger partial charge in [-0.05, 0) is 85.1 Å². The molecular formula is C48H33N. The molecule has 0 aliphatic rings. The molecule has 0 bridgehead atoms. The maximum absolute atomic E-state index is 2.45. The Morgan fingerprint density at radius 2 is 0.857 bits per heavy atom. The third-order valence-electron chi connectivity index (χ3n) is 9.64. The predicted octanol–water partition coefficient (Wildman–Crippen LogP) is 13.6. The molecular weight excluding hydrogens is 591 g/mol. The van der Waals surface area contributed by atoms with Gasteiger partial charge in [0.25, 0.3) is 0 Å². The van der Waals surface area contributed by atoms with Crippen LogP contribution in [0.3, 0.4) is 0 Å². The topological polar surface area (TPSA) is 3.24 Å². The van der Waals surface area contributed by atoms with Crippen LogP contribution in [0.2, 0.25) is 0 Å². The van der Waals surface area contributed by atoms with Crippen molar-refractivity contribution < 1.29 is 0 Å². The maximum Gasteiger partial charge on any atom is 0.0546 e. The van der Waals surface area contributed by atoms with E-state index in [4.69, 9.17) is 0 Å². The highest BCUT2D eigenvalue weighted by molar-refractivity contribution is 6.03. The van der Waals surface area contributed by atoms with Gasteiger partial charge < -0.3 is 4.90 Å². The lowest BCUT2D eigenvalue weighted by Crippen LogP contribution is -2.12. The standard InChI is InChI=1S/C48H33N/c1-2-13-37(14-3-1)46-31-28-41(44-22-10-18-36-15-6-8-20-43(36)44)33-48(46)49(47-23-11-19-38-16-7-9-21-45(38)47)42-29-26-35(27-30-42)40-25-24-34-12-4-5-17-39(34)32-40/h1-33H. The fraction of sp³-hybridized carbons (Fsp3) is 0. The molecule has 1 heteroatoms. The van der Waals surface area contributed by atoms with E-state index in [1.807, 2.05) is 0 Å². The molecule has 0 radical (unpaired) electrons. The number of hydrogen-bond donors (Lipinski definition) is 0. The number of anilines is 3. The van der Waals surface area contributed by atoms with Crippen molar-refractivity contribution in [1.29, 1.82) is 0 Å². The van der Waals surface area contributed by atoms with Gasteiger partial charge in [-0.25, -0.2) is 0 Å². The van der Waals surface area contributed by atoms with Gasteiger partial charge in [0.1, 0.15) is 0 Å². The molecule has 0 aromatic heterocycles. The van der Waals surface area contributed by atoms with E-state index < -0.39 is 0 Å². The van der Waals surface area contributed by atoms with Crippen LogP contribution >= 0.6 is 0 Å². The monoisotopic (exact) mass is 623 g/mol. The van der Waals surface area contributed by atoms with Crippen molar-refractivity contribution in [3.63, 3.8) is 0 Å². The lowest BCUT2D eigenvalue weighted by molar-refractivity contribution is 1.30. The highest BCUT2D eigenvalue weighted by Crippen LogP contribution is 2.46. The zero-order valence-electron chi connectivity index (χ0n) is 27.0. The third kappa shape index (κ3) is 5.32. The summed E-state index contributed by atoms with van der Waals surface area (Å²) in [6.45, 7) is 0. The molecule has 0 spiro atoms. The Labute approximate surface area is 287 Å². The van der Waals surface area contributed by atoms with Gasteiger partial charge in [0.15, 0.2) is 0 Å². The Morgan fingerprint density at radius 1 is 0.265 bits per heavy atom. The molecule has 0 heterocycles. The number of hydrogen-bond acceptors (Lipinski definition) is 1. The van der Waals surface area contributed by atoms with E-state index in [2.05, 4.69) is 205 Å². The summed E-state index contributed by atoms with van der Waals surface area (Å²) in [6.07, 6.45) is 0. The molecule has 0 atom stereocenters. The summed E-state index contributed by atoms with van der Waals surface area (Å²) in [5, 5.41) is 7.41. The molecule has 9 rings (SSSR count). The molecule has 9 aromatic carbocycles. The molecule has 1 nitrogen and oxygen atoms in total. The number of rotatable bonds is 6. The number of fused-ring (bicyclic) bond motifs is 3. The molecule has 0 fully saturated rings. The second-order valence-corrected chi connectivity index (χ2v) is 12.6. The highest BCUT2D eigenvalue weighted by atomic mass is 15.1. The summed E-state index contributed by atoms with van der Waals surface area (Å²) < 4.78 is 0. The normalized spacial score (nSPS) is 11.3. The molecule has 0 aliphatic carbocycles. The average Bonchev–Trinajstić information content (AvgIpc) is 3.18. The molecule has 0 aliphatic heterocycles. The summed E-state index contributed by atoms with van der Waals surface area (Å²) in [5.41, 5.74) is 10.6. The van der Waals surface area contributed by atoms with Crippen molar-refractivity contribution >= 4 is 49.4 Å². The SMILES string of the molecule is c1ccc(-c2ccc(-c3cccc4ccccc34)cc2N(c2ccc(-c3ccc4ccccc4c3)cc2)c2cccc3ccccc23)cc1. The molecule has 0 N–H and O–H groups in total. The summed E-state index contributed by atoms with van der Waals surface area (Å²) in [6, 6.07) is 72.6. The van der Waals surface area contributed by atoms with E-state index in [0.717, 1.165) is 17.1 Å². The van der Waals surface area contributed by atoms with Crippen LogP contribution in [0.25, 0.3) is 65.7 Å². The zero-order valence-corrected chi connectivity index (χ0v) is 27.0. The average molecular weight is 624 g/mol. The quantitative estimate of drug-likeness (QED) is 0.178. The van der Waals surface area contributed by atoms with Crippen LogP contribution in [0.4, 0.5) is 17.1 Å². The zero-order chi connectivity index (χ0) is 32.6. The molecule has 49 heavy (non-hydrogen) atoms. The van der Waals surface area contributed by atoms with E-state index in [1.54, 1.807) is 0 Å². The smallest absolute Gasteiger partial charge is 0.0546 e. The van der Waals surface area contributed by atoms with Gasteiger partial charge in [0, 0.05) is 16.6 Å². The van der Waals surface area contributed by atoms with E-state index >= 15 is 0 Å². The second-order valence-electron chi connectivity index (χ2n) is 12.6. The predicted molar refractivity (Wildman–Crippen MR) is 210 cm³/mol. The minimum absolute atomic E-state index is 1.10. The minimum atomic E-state index is 1.10. The van der Waals surface area contributed by atoms with Crippen molar-refractivity contribution in [2.24, 2.45) is 0 Å². The van der Waals surface area contributed by atoms with Gasteiger partial charge in [0.05, 0.1) is 11.4 Å². The fourth-order valence-corrected chi connectivity index (χ4v) is 7.21. The molecule has 0 unspecified atom stereocenters. The van der Waals surface area contributed by atoms with Crippen LogP contribution in [0, 0.1) is 0 Å². The summed E-state index contributed by atoms with van der Waals surface area (Å²) >= 11 is 0. The summed E-state index contributed by atoms with van der Waals surface area (Å²) in [4.78, 5) is 2.45. The maximum atomic E-state index is 2.45. The Balaban J connectivity index is 1.28. The van der Waals surface area contributed by atoms with Crippen LogP contribution in [-0.2, 0) is 0 Å². The van der Waals surface area contributed by atoms with Crippen LogP contribution in [0.1, 0.15) is 0 Å². The van der Waals surface area contributed by atoms with Crippen molar-refractivity contribution in [2.75, 3.05) is 4.90 Å². The van der Waals surface area contributed by atoms with E-state index in [-0.39, 0.29) is 0 Å². The molecule has 0 amide bonds. The number of nitrogens with zero attached hydrogens (tertiary/aromatic N) is 1. The van der Waals surface area contributed by atoms with Gasteiger partial charge in [-0.2, -0.15) is 0 Å². The Kier molecular flexibility index (Phi) is 7.22. The van der Waals surface area contributed by atoms with Crippen LogP contribution < -0.4 is 4.90 Å². The van der Waals surface area contributed by atoms with Gasteiger partial charge in [-0.3, -0.25) is 0 Å². The second kappa shape index (κ2) is 12.3. The Morgan fingerprint density at radius 3 is 1.65 bits per heavy atom. The third-order valence-corrected chi connectivity index (χ3v) is 9.64. The first-order chi connectivity index (χ1) is 24.3. The van der Waals surface area contributed by atoms with Crippen molar-refractivity contribution in [3.05, 3.63) is 200 Å². The van der Waals surface area contributed by atoms with E-state index in [9.17, 15) is 0 Å². The van der Waals surface area contributed by atoms with Gasteiger partial charge in [-0.15, -0.1) is 0 Å². The first-order valence-corrected chi connectivity index (χ1v) is 16.8. The van der Waals surface area contributed by atoms with E-state index in [1.165, 1.54) is 65.7 Å². The molecule has 9 aromatic rings. The van der Waals surface area contributed by atoms with Gasteiger partial charge in [0.2, 0.25) is 0 Å². The highest BCUT2D eigenvalue weighted by Gasteiger charge is 2.21. The van der Waals surface area contributed by atoms with Crippen LogP contribution in [0.5, 0.6) is 0 Å². The first kappa shape index (κ1) is 28.8. The minimum Gasteiger partial charge on any atom is -0.309 e. The first-order valence-electron chi connectivity index (χ1n) is 16.8.